The number of aliphatic hydroxyl groups excluding tert-OH is 1. The van der Waals surface area contributed by atoms with Crippen LogP contribution in [0.15, 0.2) is 34.8 Å². The normalized spacial score (nSPS) is 13.9. The van der Waals surface area contributed by atoms with Gasteiger partial charge in [-0.05, 0) is 36.4 Å². The summed E-state index contributed by atoms with van der Waals surface area (Å²) in [5.41, 5.74) is 1.18. The van der Waals surface area contributed by atoms with Crippen molar-refractivity contribution in [3.8, 4) is 0 Å². The zero-order valence-electron chi connectivity index (χ0n) is 12.7. The van der Waals surface area contributed by atoms with Crippen molar-refractivity contribution in [2.75, 3.05) is 13.2 Å². The van der Waals surface area contributed by atoms with Gasteiger partial charge in [0.15, 0.2) is 0 Å². The smallest absolute Gasteiger partial charge is 0.261 e. The van der Waals surface area contributed by atoms with Crippen molar-refractivity contribution in [2.24, 2.45) is 0 Å². The summed E-state index contributed by atoms with van der Waals surface area (Å²) >= 11 is 3.48. The molecule has 2 amide bonds. The topological polar surface area (TPSA) is 57.6 Å². The third-order valence-corrected chi connectivity index (χ3v) is 4.92. The zero-order valence-corrected chi connectivity index (χ0v) is 14.3. The van der Waals surface area contributed by atoms with Gasteiger partial charge >= 0.3 is 0 Å². The molecule has 1 aliphatic heterocycles. The minimum atomic E-state index is -0.214. The van der Waals surface area contributed by atoms with E-state index in [-0.39, 0.29) is 18.4 Å². The molecule has 0 spiro atoms. The zero-order chi connectivity index (χ0) is 16.4. The first kappa shape index (κ1) is 16.1. The maximum Gasteiger partial charge on any atom is 0.261 e. The first-order valence-corrected chi connectivity index (χ1v) is 8.62. The number of hydrogen-bond donors (Lipinski definition) is 1. The molecule has 5 heteroatoms. The second kappa shape index (κ2) is 6.81. The minimum absolute atomic E-state index is 0.186. The van der Waals surface area contributed by atoms with Crippen LogP contribution in [-0.2, 0) is 0 Å². The van der Waals surface area contributed by atoms with Gasteiger partial charge in [0.05, 0.1) is 0 Å². The highest BCUT2D eigenvalue weighted by Crippen LogP contribution is 2.34. The van der Waals surface area contributed by atoms with Gasteiger partial charge in [0.2, 0.25) is 0 Å². The molecule has 1 aliphatic rings. The standard InChI is InChI=1S/C18H18BrNO3/c19-15-9-8-14-16-12(15)6-5-7-13(16)17(22)20(18(14)23)10-3-1-2-4-11-21/h5-9,21H,1-4,10-11H2. The molecule has 0 atom stereocenters. The molecule has 0 fully saturated rings. The van der Waals surface area contributed by atoms with Crippen molar-refractivity contribution in [3.05, 3.63) is 45.9 Å². The fraction of sp³-hybridized carbons (Fsp3) is 0.333. The highest BCUT2D eigenvalue weighted by Gasteiger charge is 2.32. The first-order valence-electron chi connectivity index (χ1n) is 7.83. The summed E-state index contributed by atoms with van der Waals surface area (Å²) < 4.78 is 0.885. The van der Waals surface area contributed by atoms with Crippen molar-refractivity contribution in [3.63, 3.8) is 0 Å². The number of hydrogen-bond acceptors (Lipinski definition) is 3. The maximum atomic E-state index is 12.7. The van der Waals surface area contributed by atoms with E-state index in [4.69, 9.17) is 5.11 Å². The Morgan fingerprint density at radius 2 is 1.61 bits per heavy atom. The Bertz CT molecular complexity index is 750. The molecule has 0 aromatic heterocycles. The lowest BCUT2D eigenvalue weighted by atomic mass is 9.94. The van der Waals surface area contributed by atoms with Crippen LogP contribution >= 0.6 is 15.9 Å². The van der Waals surface area contributed by atoms with Crippen molar-refractivity contribution >= 4 is 38.5 Å². The third-order valence-electron chi connectivity index (χ3n) is 4.23. The van der Waals surface area contributed by atoms with E-state index in [2.05, 4.69) is 15.9 Å². The summed E-state index contributed by atoms with van der Waals surface area (Å²) in [4.78, 5) is 26.7. The molecule has 120 valence electrons. The fourth-order valence-electron chi connectivity index (χ4n) is 3.05. The van der Waals surface area contributed by atoms with Crippen LogP contribution in [0.4, 0.5) is 0 Å². The number of nitrogens with zero attached hydrogens (tertiary/aromatic N) is 1. The SMILES string of the molecule is O=C1c2cccc3c(Br)ccc(c23)C(=O)N1CCCCCCO. The van der Waals surface area contributed by atoms with E-state index in [0.29, 0.717) is 17.7 Å². The molecule has 1 N–H and O–H groups in total. The van der Waals surface area contributed by atoms with E-state index in [1.54, 1.807) is 12.1 Å². The van der Waals surface area contributed by atoms with Gasteiger partial charge in [-0.25, -0.2) is 0 Å². The van der Waals surface area contributed by atoms with E-state index < -0.39 is 0 Å². The Balaban J connectivity index is 1.89. The predicted octanol–water partition coefficient (Wildman–Crippen LogP) is 3.75. The number of amides is 2. The fourth-order valence-corrected chi connectivity index (χ4v) is 3.51. The summed E-state index contributed by atoms with van der Waals surface area (Å²) in [5, 5.41) is 10.4. The number of unbranched alkanes of at least 4 members (excludes halogenated alkanes) is 3. The average Bonchev–Trinajstić information content (AvgIpc) is 2.56. The molecule has 4 nitrogen and oxygen atoms in total. The Morgan fingerprint density at radius 1 is 0.913 bits per heavy atom. The lowest BCUT2D eigenvalue weighted by Crippen LogP contribution is -2.40. The molecular formula is C18H18BrNO3. The van der Waals surface area contributed by atoms with Crippen LogP contribution in [0.25, 0.3) is 10.8 Å². The summed E-state index contributed by atoms with van der Waals surface area (Å²) in [7, 11) is 0. The second-order valence-electron chi connectivity index (χ2n) is 5.72. The van der Waals surface area contributed by atoms with Crippen LogP contribution in [0.5, 0.6) is 0 Å². The summed E-state index contributed by atoms with van der Waals surface area (Å²) in [6.07, 6.45) is 3.33. The molecule has 0 unspecified atom stereocenters. The number of aliphatic hydroxyl groups is 1. The van der Waals surface area contributed by atoms with Gasteiger partial charge in [0.25, 0.3) is 11.8 Å². The van der Waals surface area contributed by atoms with Gasteiger partial charge in [-0.3, -0.25) is 14.5 Å². The van der Waals surface area contributed by atoms with Crippen LogP contribution in [0.1, 0.15) is 46.4 Å². The largest absolute Gasteiger partial charge is 0.396 e. The predicted molar refractivity (Wildman–Crippen MR) is 92.6 cm³/mol. The second-order valence-corrected chi connectivity index (χ2v) is 6.58. The summed E-state index contributed by atoms with van der Waals surface area (Å²) in [6.45, 7) is 0.612. The Morgan fingerprint density at radius 3 is 2.35 bits per heavy atom. The minimum Gasteiger partial charge on any atom is -0.396 e. The first-order chi connectivity index (χ1) is 11.1. The van der Waals surface area contributed by atoms with Crippen LogP contribution in [0.3, 0.4) is 0 Å². The number of imide groups is 1. The third kappa shape index (κ3) is 2.91. The molecule has 0 radical (unpaired) electrons. The van der Waals surface area contributed by atoms with E-state index in [1.165, 1.54) is 4.90 Å². The van der Waals surface area contributed by atoms with Crippen LogP contribution in [0, 0.1) is 0 Å². The van der Waals surface area contributed by atoms with Gasteiger partial charge in [0.1, 0.15) is 0 Å². The van der Waals surface area contributed by atoms with Crippen molar-refractivity contribution in [1.29, 1.82) is 0 Å². The molecule has 0 aliphatic carbocycles. The average molecular weight is 376 g/mol. The number of rotatable bonds is 6. The monoisotopic (exact) mass is 375 g/mol. The molecular weight excluding hydrogens is 358 g/mol. The highest BCUT2D eigenvalue weighted by molar-refractivity contribution is 9.10. The summed E-state index contributed by atoms with van der Waals surface area (Å²) in [5.74, 6) is -0.429. The van der Waals surface area contributed by atoms with Crippen LogP contribution in [0.2, 0.25) is 0 Å². The Kier molecular flexibility index (Phi) is 4.78. The molecule has 3 rings (SSSR count). The molecule has 0 bridgehead atoms. The van der Waals surface area contributed by atoms with Gasteiger partial charge in [-0.2, -0.15) is 0 Å². The van der Waals surface area contributed by atoms with E-state index in [9.17, 15) is 9.59 Å². The lowest BCUT2D eigenvalue weighted by Gasteiger charge is -2.27. The van der Waals surface area contributed by atoms with Gasteiger partial charge in [-0.15, -0.1) is 0 Å². The van der Waals surface area contributed by atoms with Gasteiger partial charge in [-0.1, -0.05) is 40.9 Å². The molecule has 0 saturated heterocycles. The van der Waals surface area contributed by atoms with Gasteiger partial charge in [0, 0.05) is 34.1 Å². The number of carbonyl (C=O) groups excluding carboxylic acids is 2. The maximum absolute atomic E-state index is 12.7. The van der Waals surface area contributed by atoms with Crippen molar-refractivity contribution in [1.82, 2.24) is 4.90 Å². The van der Waals surface area contributed by atoms with Gasteiger partial charge < -0.3 is 5.11 Å². The molecule has 2 aromatic carbocycles. The number of benzene rings is 2. The quantitative estimate of drug-likeness (QED) is 0.617. The molecule has 23 heavy (non-hydrogen) atoms. The van der Waals surface area contributed by atoms with Crippen LogP contribution < -0.4 is 0 Å². The Labute approximate surface area is 143 Å². The summed E-state index contributed by atoms with van der Waals surface area (Å²) in [6, 6.07) is 9.18. The van der Waals surface area contributed by atoms with E-state index >= 15 is 0 Å². The van der Waals surface area contributed by atoms with E-state index in [0.717, 1.165) is 40.9 Å². The molecule has 2 aromatic rings. The highest BCUT2D eigenvalue weighted by atomic mass is 79.9. The van der Waals surface area contributed by atoms with Crippen molar-refractivity contribution in [2.45, 2.75) is 25.7 Å². The van der Waals surface area contributed by atoms with Crippen LogP contribution in [-0.4, -0.2) is 35.0 Å². The van der Waals surface area contributed by atoms with Crippen molar-refractivity contribution < 1.29 is 14.7 Å². The molecule has 0 saturated carbocycles. The molecule has 1 heterocycles. The number of halogens is 1. The Hall–Kier alpha value is -1.72. The number of carbonyl (C=O) groups is 2. The van der Waals surface area contributed by atoms with E-state index in [1.807, 2.05) is 18.2 Å². The lowest BCUT2D eigenvalue weighted by molar-refractivity contribution is 0.0607.